The van der Waals surface area contributed by atoms with Gasteiger partial charge in [0.2, 0.25) is 5.91 Å². The minimum absolute atomic E-state index is 0.260. The van der Waals surface area contributed by atoms with Crippen LogP contribution in [-0.4, -0.2) is 36.0 Å². The Morgan fingerprint density at radius 3 is 2.71 bits per heavy atom. The third-order valence-corrected chi connectivity index (χ3v) is 4.95. The molecule has 2 saturated heterocycles. The average molecular weight is 307 g/mol. The molecule has 2 heterocycles. The first kappa shape index (κ1) is 14.9. The Bertz CT molecular complexity index is 482. The van der Waals surface area contributed by atoms with E-state index in [2.05, 4.69) is 10.2 Å². The fourth-order valence-corrected chi connectivity index (χ4v) is 3.73. The van der Waals surface area contributed by atoms with Crippen molar-refractivity contribution in [3.05, 3.63) is 34.9 Å². The summed E-state index contributed by atoms with van der Waals surface area (Å²) < 4.78 is 0. The number of carbonyl (C=O) groups excluding carboxylic acids is 1. The maximum atomic E-state index is 12.7. The third kappa shape index (κ3) is 3.58. The molecule has 1 aromatic carbocycles. The highest BCUT2D eigenvalue weighted by molar-refractivity contribution is 6.30. The van der Waals surface area contributed by atoms with E-state index in [1.165, 1.54) is 19.3 Å². The Hall–Kier alpha value is -1.06. The second-order valence-corrected chi connectivity index (χ2v) is 6.59. The molecule has 0 aromatic heterocycles. The van der Waals surface area contributed by atoms with Gasteiger partial charge in [-0.2, -0.15) is 0 Å². The first-order valence-electron chi connectivity index (χ1n) is 8.01. The average Bonchev–Trinajstić information content (AvgIpc) is 3.04. The standard InChI is InChI=1S/C17H23ClN2O/c18-14-8-6-13(7-9-14)12-17(21)20-11-2-1-5-16(20)15-4-3-10-19-15/h6-9,15-16,19H,1-5,10-12H2. The number of benzene rings is 1. The monoisotopic (exact) mass is 306 g/mol. The fraction of sp³-hybridized carbons (Fsp3) is 0.588. The van der Waals surface area contributed by atoms with E-state index in [1.807, 2.05) is 24.3 Å². The van der Waals surface area contributed by atoms with E-state index in [0.29, 0.717) is 18.5 Å². The molecule has 21 heavy (non-hydrogen) atoms. The molecule has 0 saturated carbocycles. The Morgan fingerprint density at radius 1 is 1.19 bits per heavy atom. The van der Waals surface area contributed by atoms with E-state index in [9.17, 15) is 4.79 Å². The van der Waals surface area contributed by atoms with Crippen LogP contribution in [0.25, 0.3) is 0 Å². The van der Waals surface area contributed by atoms with E-state index < -0.39 is 0 Å². The summed E-state index contributed by atoms with van der Waals surface area (Å²) in [5.41, 5.74) is 1.05. The lowest BCUT2D eigenvalue weighted by Gasteiger charge is -2.39. The largest absolute Gasteiger partial charge is 0.338 e. The molecular formula is C17H23ClN2O. The van der Waals surface area contributed by atoms with Gasteiger partial charge in [-0.15, -0.1) is 0 Å². The highest BCUT2D eigenvalue weighted by atomic mass is 35.5. The summed E-state index contributed by atoms with van der Waals surface area (Å²) in [5, 5.41) is 4.29. The van der Waals surface area contributed by atoms with Gasteiger partial charge in [0.05, 0.1) is 6.42 Å². The van der Waals surface area contributed by atoms with E-state index in [4.69, 9.17) is 11.6 Å². The van der Waals surface area contributed by atoms with Crippen LogP contribution in [0.1, 0.15) is 37.7 Å². The van der Waals surface area contributed by atoms with E-state index >= 15 is 0 Å². The fourth-order valence-electron chi connectivity index (χ4n) is 3.60. The molecule has 1 amide bonds. The molecular weight excluding hydrogens is 284 g/mol. The lowest BCUT2D eigenvalue weighted by atomic mass is 9.94. The van der Waals surface area contributed by atoms with Crippen LogP contribution in [0.3, 0.4) is 0 Å². The van der Waals surface area contributed by atoms with Gasteiger partial charge in [0.15, 0.2) is 0 Å². The van der Waals surface area contributed by atoms with Crippen LogP contribution in [0.15, 0.2) is 24.3 Å². The number of hydrogen-bond donors (Lipinski definition) is 1. The molecule has 0 aliphatic carbocycles. The summed E-state index contributed by atoms with van der Waals surface area (Å²) in [6.07, 6.45) is 6.45. The first-order valence-corrected chi connectivity index (χ1v) is 8.39. The second-order valence-electron chi connectivity index (χ2n) is 6.16. The van der Waals surface area contributed by atoms with Crippen LogP contribution in [0.4, 0.5) is 0 Å². The number of rotatable bonds is 3. The molecule has 4 heteroatoms. The van der Waals surface area contributed by atoms with E-state index in [-0.39, 0.29) is 5.91 Å². The zero-order valence-electron chi connectivity index (χ0n) is 12.4. The molecule has 0 spiro atoms. The van der Waals surface area contributed by atoms with Crippen molar-refractivity contribution in [1.82, 2.24) is 10.2 Å². The number of likely N-dealkylation sites (tertiary alicyclic amines) is 1. The van der Waals surface area contributed by atoms with Crippen LogP contribution in [0, 0.1) is 0 Å². The minimum atomic E-state index is 0.260. The van der Waals surface area contributed by atoms with Crippen LogP contribution < -0.4 is 5.32 Å². The van der Waals surface area contributed by atoms with Crippen molar-refractivity contribution in [2.24, 2.45) is 0 Å². The Kier molecular flexibility index (Phi) is 4.81. The SMILES string of the molecule is O=C(Cc1ccc(Cl)cc1)N1CCCCC1C1CCCN1. The normalized spacial score (nSPS) is 26.0. The lowest BCUT2D eigenvalue weighted by molar-refractivity contribution is -0.134. The summed E-state index contributed by atoms with van der Waals surface area (Å²) >= 11 is 5.90. The third-order valence-electron chi connectivity index (χ3n) is 4.70. The highest BCUT2D eigenvalue weighted by Gasteiger charge is 2.33. The van der Waals surface area contributed by atoms with Crippen molar-refractivity contribution < 1.29 is 4.79 Å². The van der Waals surface area contributed by atoms with Crippen molar-refractivity contribution in [3.63, 3.8) is 0 Å². The molecule has 1 aromatic rings. The van der Waals surface area contributed by atoms with Gasteiger partial charge in [-0.3, -0.25) is 4.79 Å². The van der Waals surface area contributed by atoms with Crippen molar-refractivity contribution in [1.29, 1.82) is 0 Å². The number of halogens is 1. The second kappa shape index (κ2) is 6.80. The van der Waals surface area contributed by atoms with Gasteiger partial charge in [-0.1, -0.05) is 23.7 Å². The van der Waals surface area contributed by atoms with Gasteiger partial charge < -0.3 is 10.2 Å². The summed E-state index contributed by atoms with van der Waals surface area (Å²) in [6.45, 7) is 2.01. The van der Waals surface area contributed by atoms with Crippen LogP contribution in [0.2, 0.25) is 5.02 Å². The first-order chi connectivity index (χ1) is 10.2. The Labute approximate surface area is 131 Å². The lowest BCUT2D eigenvalue weighted by Crippen LogP contribution is -2.53. The van der Waals surface area contributed by atoms with Crippen molar-refractivity contribution in [2.45, 2.75) is 50.6 Å². The molecule has 3 nitrogen and oxygen atoms in total. The maximum absolute atomic E-state index is 12.7. The summed E-state index contributed by atoms with van der Waals surface area (Å²) in [7, 11) is 0. The van der Waals surface area contributed by atoms with Crippen molar-refractivity contribution in [2.75, 3.05) is 13.1 Å². The molecule has 0 radical (unpaired) electrons. The molecule has 114 valence electrons. The number of amides is 1. The smallest absolute Gasteiger partial charge is 0.227 e. The number of piperidine rings is 1. The predicted octanol–water partition coefficient (Wildman–Crippen LogP) is 3.02. The number of nitrogens with zero attached hydrogens (tertiary/aromatic N) is 1. The minimum Gasteiger partial charge on any atom is -0.338 e. The van der Waals surface area contributed by atoms with Gasteiger partial charge >= 0.3 is 0 Å². The molecule has 3 rings (SSSR count). The Morgan fingerprint density at radius 2 is 2.00 bits per heavy atom. The molecule has 2 aliphatic heterocycles. The topological polar surface area (TPSA) is 32.3 Å². The molecule has 1 N–H and O–H groups in total. The zero-order chi connectivity index (χ0) is 14.7. The number of nitrogens with one attached hydrogen (secondary N) is 1. The summed E-state index contributed by atoms with van der Waals surface area (Å²) in [6, 6.07) is 8.51. The van der Waals surface area contributed by atoms with Crippen molar-refractivity contribution in [3.8, 4) is 0 Å². The van der Waals surface area contributed by atoms with E-state index in [0.717, 1.165) is 36.5 Å². The van der Waals surface area contributed by atoms with Gasteiger partial charge in [0.25, 0.3) is 0 Å². The van der Waals surface area contributed by atoms with Gasteiger partial charge in [0.1, 0.15) is 0 Å². The zero-order valence-corrected chi connectivity index (χ0v) is 13.1. The maximum Gasteiger partial charge on any atom is 0.227 e. The van der Waals surface area contributed by atoms with Crippen LogP contribution in [0.5, 0.6) is 0 Å². The molecule has 2 atom stereocenters. The van der Waals surface area contributed by atoms with Gasteiger partial charge in [-0.25, -0.2) is 0 Å². The molecule has 0 bridgehead atoms. The summed E-state index contributed by atoms with van der Waals surface area (Å²) in [5.74, 6) is 0.260. The molecule has 2 aliphatic rings. The quantitative estimate of drug-likeness (QED) is 0.931. The predicted molar refractivity (Wildman–Crippen MR) is 85.5 cm³/mol. The Balaban J connectivity index is 1.67. The van der Waals surface area contributed by atoms with Crippen molar-refractivity contribution >= 4 is 17.5 Å². The van der Waals surface area contributed by atoms with Crippen LogP contribution >= 0.6 is 11.6 Å². The molecule has 2 fully saturated rings. The molecule has 2 unspecified atom stereocenters. The highest BCUT2D eigenvalue weighted by Crippen LogP contribution is 2.25. The summed E-state index contributed by atoms with van der Waals surface area (Å²) in [4.78, 5) is 14.8. The number of hydrogen-bond acceptors (Lipinski definition) is 2. The number of carbonyl (C=O) groups is 1. The van der Waals surface area contributed by atoms with Crippen LogP contribution in [-0.2, 0) is 11.2 Å². The van der Waals surface area contributed by atoms with Gasteiger partial charge in [-0.05, 0) is 56.3 Å². The van der Waals surface area contributed by atoms with Gasteiger partial charge in [0, 0.05) is 23.7 Å². The van der Waals surface area contributed by atoms with E-state index in [1.54, 1.807) is 0 Å².